The van der Waals surface area contributed by atoms with E-state index in [9.17, 15) is 15.3 Å². The number of hydrogen-bond donors (Lipinski definition) is 3. The molecule has 0 radical (unpaired) electrons. The van der Waals surface area contributed by atoms with Crippen molar-refractivity contribution >= 4 is 0 Å². The molecule has 0 heterocycles. The Labute approximate surface area is 147 Å². The molecule has 3 aliphatic rings. The Kier molecular flexibility index (Phi) is 4.86. The van der Waals surface area contributed by atoms with E-state index in [0.717, 1.165) is 25.7 Å². The van der Waals surface area contributed by atoms with Gasteiger partial charge in [0.05, 0.1) is 12.2 Å². The number of hydrogen-bond acceptors (Lipinski definition) is 3. The quantitative estimate of drug-likeness (QED) is 0.734. The van der Waals surface area contributed by atoms with Crippen molar-refractivity contribution in [2.24, 2.45) is 34.0 Å². The summed E-state index contributed by atoms with van der Waals surface area (Å²) in [6.45, 7) is 9.84. The molecular formula is C21H38O3. The van der Waals surface area contributed by atoms with Gasteiger partial charge in [-0.1, -0.05) is 27.7 Å². The van der Waals surface area contributed by atoms with Gasteiger partial charge in [0.25, 0.3) is 0 Å². The highest BCUT2D eigenvalue weighted by Gasteiger charge is 2.60. The third kappa shape index (κ3) is 2.66. The Morgan fingerprint density at radius 1 is 0.875 bits per heavy atom. The van der Waals surface area contributed by atoms with Gasteiger partial charge in [-0.3, -0.25) is 0 Å². The van der Waals surface area contributed by atoms with Crippen LogP contribution in [0.1, 0.15) is 79.1 Å². The second-order valence-electron chi connectivity index (χ2n) is 10.2. The fourth-order valence-corrected chi connectivity index (χ4v) is 6.87. The molecule has 0 aromatic carbocycles. The zero-order chi connectivity index (χ0) is 17.8. The lowest BCUT2D eigenvalue weighted by Crippen LogP contribution is -2.53. The standard InChI is InChI=1S/C21H38O3/c1-19(2)9-6-17-15(8-12-22)16(7-11-21(17,19)4)20(3)10-5-14(23)13-18(20)24/h14-18,22-24H,5-13H2,1-4H3/t14-,15+,16?,17?,18-,20+,21-/m0/s1. The van der Waals surface area contributed by atoms with E-state index in [1.165, 1.54) is 19.3 Å². The van der Waals surface area contributed by atoms with E-state index in [1.54, 1.807) is 0 Å². The van der Waals surface area contributed by atoms with Crippen LogP contribution < -0.4 is 0 Å². The third-order valence-electron chi connectivity index (χ3n) is 9.04. The van der Waals surface area contributed by atoms with E-state index < -0.39 is 6.10 Å². The maximum absolute atomic E-state index is 10.8. The van der Waals surface area contributed by atoms with Gasteiger partial charge in [-0.2, -0.15) is 0 Å². The molecule has 0 bridgehead atoms. The third-order valence-corrected chi connectivity index (χ3v) is 9.04. The highest BCUT2D eigenvalue weighted by atomic mass is 16.3. The summed E-state index contributed by atoms with van der Waals surface area (Å²) in [7, 11) is 0. The van der Waals surface area contributed by atoms with Crippen molar-refractivity contribution in [3.8, 4) is 0 Å². The van der Waals surface area contributed by atoms with E-state index >= 15 is 0 Å². The molecule has 7 atom stereocenters. The fraction of sp³-hybridized carbons (Fsp3) is 1.00. The average Bonchev–Trinajstić information content (AvgIpc) is 2.75. The van der Waals surface area contributed by atoms with Crippen LogP contribution in [0.4, 0.5) is 0 Å². The van der Waals surface area contributed by atoms with Gasteiger partial charge in [0.1, 0.15) is 0 Å². The normalized spacial score (nSPS) is 51.4. The Bertz CT molecular complexity index is 462. The molecule has 3 aliphatic carbocycles. The molecule has 3 rings (SSSR count). The predicted molar refractivity (Wildman–Crippen MR) is 96.5 cm³/mol. The Morgan fingerprint density at radius 3 is 2.17 bits per heavy atom. The van der Waals surface area contributed by atoms with E-state index in [2.05, 4.69) is 27.7 Å². The highest BCUT2D eigenvalue weighted by molar-refractivity contribution is 5.09. The summed E-state index contributed by atoms with van der Waals surface area (Å²) in [5.41, 5.74) is 0.630. The summed E-state index contributed by atoms with van der Waals surface area (Å²) in [4.78, 5) is 0. The van der Waals surface area contributed by atoms with Crippen molar-refractivity contribution in [2.75, 3.05) is 6.61 Å². The van der Waals surface area contributed by atoms with Crippen LogP contribution in [0.25, 0.3) is 0 Å². The van der Waals surface area contributed by atoms with Crippen LogP contribution >= 0.6 is 0 Å². The maximum atomic E-state index is 10.8. The summed E-state index contributed by atoms with van der Waals surface area (Å²) in [5, 5.41) is 30.5. The molecule has 3 fully saturated rings. The Balaban J connectivity index is 1.90. The molecule has 3 saturated carbocycles. The Hall–Kier alpha value is -0.120. The first-order valence-electron chi connectivity index (χ1n) is 10.1. The van der Waals surface area contributed by atoms with Crippen molar-refractivity contribution in [1.82, 2.24) is 0 Å². The first-order chi connectivity index (χ1) is 11.2. The largest absolute Gasteiger partial charge is 0.396 e. The minimum Gasteiger partial charge on any atom is -0.396 e. The van der Waals surface area contributed by atoms with E-state index in [1.807, 2.05) is 0 Å². The van der Waals surface area contributed by atoms with Gasteiger partial charge in [-0.25, -0.2) is 0 Å². The monoisotopic (exact) mass is 338 g/mol. The van der Waals surface area contributed by atoms with Crippen LogP contribution in [-0.2, 0) is 0 Å². The van der Waals surface area contributed by atoms with Crippen LogP contribution in [0.5, 0.6) is 0 Å². The first kappa shape index (κ1) is 18.7. The van der Waals surface area contributed by atoms with Crippen molar-refractivity contribution in [1.29, 1.82) is 0 Å². The summed E-state index contributed by atoms with van der Waals surface area (Å²) in [6, 6.07) is 0. The van der Waals surface area contributed by atoms with Crippen molar-refractivity contribution < 1.29 is 15.3 Å². The van der Waals surface area contributed by atoms with Gasteiger partial charge in [0.2, 0.25) is 0 Å². The van der Waals surface area contributed by atoms with Gasteiger partial charge in [-0.05, 0) is 85.4 Å². The molecule has 3 heteroatoms. The van der Waals surface area contributed by atoms with Gasteiger partial charge < -0.3 is 15.3 Å². The molecule has 0 amide bonds. The van der Waals surface area contributed by atoms with Gasteiger partial charge in [-0.15, -0.1) is 0 Å². The number of fused-ring (bicyclic) bond motifs is 1. The number of aliphatic hydroxyl groups is 3. The summed E-state index contributed by atoms with van der Waals surface area (Å²) in [6.07, 6.45) is 7.29. The first-order valence-corrected chi connectivity index (χ1v) is 10.1. The van der Waals surface area contributed by atoms with Crippen molar-refractivity contribution in [3.05, 3.63) is 0 Å². The second-order valence-corrected chi connectivity index (χ2v) is 10.2. The second kappa shape index (κ2) is 6.25. The lowest BCUT2D eigenvalue weighted by molar-refractivity contribution is -0.134. The highest BCUT2D eigenvalue weighted by Crippen LogP contribution is 2.67. The number of rotatable bonds is 3. The molecule has 0 spiro atoms. The minimum absolute atomic E-state index is 0.104. The molecule has 2 unspecified atom stereocenters. The predicted octanol–water partition coefficient (Wildman–Crippen LogP) is 3.75. The van der Waals surface area contributed by atoms with E-state index in [4.69, 9.17) is 0 Å². The van der Waals surface area contributed by atoms with Gasteiger partial charge in [0.15, 0.2) is 0 Å². The SMILES string of the molecule is CC1(C)CCC2[C@H](CCO)C([C@@]3(C)CC[C@H](O)C[C@@H]3O)CC[C@@]21C. The molecule has 0 aliphatic heterocycles. The van der Waals surface area contributed by atoms with Crippen molar-refractivity contribution in [3.63, 3.8) is 0 Å². The minimum atomic E-state index is -0.411. The lowest BCUT2D eigenvalue weighted by Gasteiger charge is -2.57. The summed E-state index contributed by atoms with van der Waals surface area (Å²) in [5.74, 6) is 1.64. The lowest BCUT2D eigenvalue weighted by atomic mass is 9.48. The zero-order valence-electron chi connectivity index (χ0n) is 16.1. The topological polar surface area (TPSA) is 60.7 Å². The van der Waals surface area contributed by atoms with E-state index in [0.29, 0.717) is 35.0 Å². The maximum Gasteiger partial charge on any atom is 0.0621 e. The van der Waals surface area contributed by atoms with Crippen LogP contribution in [0.15, 0.2) is 0 Å². The molecule has 3 N–H and O–H groups in total. The van der Waals surface area contributed by atoms with Gasteiger partial charge >= 0.3 is 0 Å². The number of aliphatic hydroxyl groups excluding tert-OH is 3. The molecule has 3 nitrogen and oxygen atoms in total. The molecule has 0 saturated heterocycles. The molecule has 140 valence electrons. The molecule has 24 heavy (non-hydrogen) atoms. The van der Waals surface area contributed by atoms with Crippen LogP contribution in [0.3, 0.4) is 0 Å². The van der Waals surface area contributed by atoms with Crippen LogP contribution in [0, 0.1) is 34.0 Å². The van der Waals surface area contributed by atoms with E-state index in [-0.39, 0.29) is 18.1 Å². The van der Waals surface area contributed by atoms with Gasteiger partial charge in [0, 0.05) is 6.61 Å². The molecule has 0 aromatic heterocycles. The summed E-state index contributed by atoms with van der Waals surface area (Å²) >= 11 is 0. The average molecular weight is 339 g/mol. The Morgan fingerprint density at radius 2 is 1.54 bits per heavy atom. The van der Waals surface area contributed by atoms with Crippen molar-refractivity contribution in [2.45, 2.75) is 91.3 Å². The van der Waals surface area contributed by atoms with Crippen LogP contribution in [-0.4, -0.2) is 34.1 Å². The molecular weight excluding hydrogens is 300 g/mol. The smallest absolute Gasteiger partial charge is 0.0621 e. The zero-order valence-corrected chi connectivity index (χ0v) is 16.1. The summed E-state index contributed by atoms with van der Waals surface area (Å²) < 4.78 is 0. The van der Waals surface area contributed by atoms with Crippen LogP contribution in [0.2, 0.25) is 0 Å². The fourth-order valence-electron chi connectivity index (χ4n) is 6.87. The molecule has 0 aromatic rings.